The summed E-state index contributed by atoms with van der Waals surface area (Å²) >= 11 is 4.98. The number of halogens is 1. The molecule has 0 aromatic carbocycles. The maximum Gasteiger partial charge on any atom is 0.171 e. The Labute approximate surface area is 125 Å². The summed E-state index contributed by atoms with van der Waals surface area (Å²) in [4.78, 5) is 9.86. The monoisotopic (exact) mass is 366 g/mol. The van der Waals surface area contributed by atoms with Crippen molar-refractivity contribution in [2.75, 3.05) is 34.4 Å². The highest BCUT2D eigenvalue weighted by molar-refractivity contribution is 9.10. The normalized spacial score (nSPS) is 20.5. The van der Waals surface area contributed by atoms with E-state index < -0.39 is 15.2 Å². The number of hydrogen-bond acceptors (Lipinski definition) is 7. The molecule has 106 valence electrons. The van der Waals surface area contributed by atoms with Gasteiger partial charge in [-0.3, -0.25) is 0 Å². The van der Waals surface area contributed by atoms with Gasteiger partial charge in [0, 0.05) is 23.8 Å². The Hall–Kier alpha value is -0.540. The molecule has 0 spiro atoms. The van der Waals surface area contributed by atoms with Crippen molar-refractivity contribution < 1.29 is 8.42 Å². The molecule has 1 atom stereocenters. The minimum Gasteiger partial charge on any atom is -0.383 e. The van der Waals surface area contributed by atoms with Crippen molar-refractivity contribution in [3.05, 3.63) is 10.8 Å². The van der Waals surface area contributed by atoms with Gasteiger partial charge < -0.3 is 10.6 Å². The first-order chi connectivity index (χ1) is 8.97. The van der Waals surface area contributed by atoms with Crippen molar-refractivity contribution in [1.29, 1.82) is 0 Å². The summed E-state index contributed by atoms with van der Waals surface area (Å²) in [7, 11) is -3.17. The fourth-order valence-corrected chi connectivity index (χ4v) is 5.29. The molecule has 2 N–H and O–H groups in total. The Morgan fingerprint density at radius 2 is 2.32 bits per heavy atom. The summed E-state index contributed by atoms with van der Waals surface area (Å²) in [6.07, 6.45) is 1.35. The van der Waals surface area contributed by atoms with E-state index in [1.54, 1.807) is 23.6 Å². The van der Waals surface area contributed by atoms with Crippen LogP contribution in [-0.4, -0.2) is 47.6 Å². The van der Waals surface area contributed by atoms with Crippen LogP contribution in [0.1, 0.15) is 6.92 Å². The number of nitrogen functional groups attached to an aromatic ring is 1. The van der Waals surface area contributed by atoms with Crippen LogP contribution < -0.4 is 10.6 Å². The van der Waals surface area contributed by atoms with Gasteiger partial charge in [-0.05, 0) is 15.9 Å². The summed E-state index contributed by atoms with van der Waals surface area (Å²) in [6, 6.07) is 0. The first-order valence-electron chi connectivity index (χ1n) is 5.79. The highest BCUT2D eigenvalue weighted by Gasteiger charge is 2.34. The summed E-state index contributed by atoms with van der Waals surface area (Å²) in [5, 5.41) is -0.554. The van der Waals surface area contributed by atoms with Crippen molar-refractivity contribution in [2.45, 2.75) is 12.3 Å². The minimum atomic E-state index is -3.17. The second-order valence-corrected chi connectivity index (χ2v) is 8.46. The number of hydrogen-bond donors (Lipinski definition) is 1. The standard InChI is InChI=1S/C10H15BrN4O2S2/c1-2-19(16,17)7-5-18-4-3-15(7)10-8(11)9(12)13-6-14-10/h6-7H,2-5H2,1H3,(H2,12,13,14). The molecule has 1 aromatic rings. The van der Waals surface area contributed by atoms with E-state index in [9.17, 15) is 8.42 Å². The Balaban J connectivity index is 2.43. The van der Waals surface area contributed by atoms with Crippen LogP contribution >= 0.6 is 27.7 Å². The average molecular weight is 367 g/mol. The Kier molecular flexibility index (Phi) is 4.57. The largest absolute Gasteiger partial charge is 0.383 e. The number of thioether (sulfide) groups is 1. The first kappa shape index (κ1) is 14.9. The molecule has 1 unspecified atom stereocenters. The van der Waals surface area contributed by atoms with Gasteiger partial charge in [-0.1, -0.05) is 6.92 Å². The Morgan fingerprint density at radius 1 is 1.58 bits per heavy atom. The maximum atomic E-state index is 12.2. The van der Waals surface area contributed by atoms with Gasteiger partial charge in [-0.25, -0.2) is 18.4 Å². The summed E-state index contributed by atoms with van der Waals surface area (Å²) in [5.41, 5.74) is 5.74. The van der Waals surface area contributed by atoms with Gasteiger partial charge in [0.1, 0.15) is 27.8 Å². The second kappa shape index (κ2) is 5.84. The molecule has 0 bridgehead atoms. The van der Waals surface area contributed by atoms with E-state index in [0.717, 1.165) is 5.75 Å². The van der Waals surface area contributed by atoms with E-state index >= 15 is 0 Å². The van der Waals surface area contributed by atoms with Gasteiger partial charge in [0.15, 0.2) is 9.84 Å². The molecule has 2 rings (SSSR count). The first-order valence-corrected chi connectivity index (χ1v) is 9.45. The molecule has 19 heavy (non-hydrogen) atoms. The topological polar surface area (TPSA) is 89.2 Å². The smallest absolute Gasteiger partial charge is 0.171 e. The number of nitrogens with two attached hydrogens (primary N) is 1. The van der Waals surface area contributed by atoms with E-state index in [1.807, 2.05) is 0 Å². The fraction of sp³-hybridized carbons (Fsp3) is 0.600. The quantitative estimate of drug-likeness (QED) is 0.857. The third-order valence-corrected chi connectivity index (χ3v) is 7.02. The molecule has 1 aliphatic heterocycles. The zero-order chi connectivity index (χ0) is 14.0. The second-order valence-electron chi connectivity index (χ2n) is 4.07. The van der Waals surface area contributed by atoms with Crippen LogP contribution in [0.15, 0.2) is 10.8 Å². The molecular weight excluding hydrogens is 352 g/mol. The predicted molar refractivity (Wildman–Crippen MR) is 82.1 cm³/mol. The van der Waals surface area contributed by atoms with Crippen LogP contribution in [0.3, 0.4) is 0 Å². The molecule has 9 heteroatoms. The number of sulfone groups is 1. The van der Waals surface area contributed by atoms with Crippen LogP contribution in [0.5, 0.6) is 0 Å². The van der Waals surface area contributed by atoms with E-state index in [1.165, 1.54) is 6.33 Å². The molecule has 0 amide bonds. The van der Waals surface area contributed by atoms with Crippen LogP contribution in [-0.2, 0) is 9.84 Å². The zero-order valence-electron chi connectivity index (χ0n) is 10.4. The molecular formula is C10H15BrN4O2S2. The SMILES string of the molecule is CCS(=O)(=O)C1CSCCN1c1ncnc(N)c1Br. The van der Waals surface area contributed by atoms with Crippen molar-refractivity contribution in [3.63, 3.8) is 0 Å². The van der Waals surface area contributed by atoms with Gasteiger partial charge in [-0.2, -0.15) is 11.8 Å². The Morgan fingerprint density at radius 3 is 3.00 bits per heavy atom. The molecule has 1 fully saturated rings. The lowest BCUT2D eigenvalue weighted by atomic mass is 10.4. The summed E-state index contributed by atoms with van der Waals surface area (Å²) in [5.74, 6) is 2.40. The van der Waals surface area contributed by atoms with Crippen LogP contribution in [0, 0.1) is 0 Å². The number of rotatable bonds is 3. The van der Waals surface area contributed by atoms with Crippen LogP contribution in [0.4, 0.5) is 11.6 Å². The number of nitrogens with zero attached hydrogens (tertiary/aromatic N) is 3. The molecule has 0 saturated carbocycles. The third-order valence-electron chi connectivity index (χ3n) is 2.97. The lowest BCUT2D eigenvalue weighted by Gasteiger charge is -2.36. The molecule has 1 saturated heterocycles. The van der Waals surface area contributed by atoms with Crippen molar-refractivity contribution in [3.8, 4) is 0 Å². The van der Waals surface area contributed by atoms with Gasteiger partial charge in [0.05, 0.1) is 0 Å². The van der Waals surface area contributed by atoms with E-state index in [4.69, 9.17) is 5.73 Å². The molecule has 0 radical (unpaired) electrons. The van der Waals surface area contributed by atoms with Gasteiger partial charge in [-0.15, -0.1) is 0 Å². The van der Waals surface area contributed by atoms with Crippen LogP contribution in [0.25, 0.3) is 0 Å². The number of anilines is 2. The van der Waals surface area contributed by atoms with Gasteiger partial charge in [0.25, 0.3) is 0 Å². The summed E-state index contributed by atoms with van der Waals surface area (Å²) in [6.45, 7) is 2.29. The van der Waals surface area contributed by atoms with Gasteiger partial charge in [0.2, 0.25) is 0 Å². The van der Waals surface area contributed by atoms with Crippen molar-refractivity contribution in [2.24, 2.45) is 0 Å². The fourth-order valence-electron chi connectivity index (χ4n) is 1.89. The molecule has 2 heterocycles. The van der Waals surface area contributed by atoms with Crippen LogP contribution in [0.2, 0.25) is 0 Å². The van der Waals surface area contributed by atoms with E-state index in [2.05, 4.69) is 25.9 Å². The zero-order valence-corrected chi connectivity index (χ0v) is 13.6. The minimum absolute atomic E-state index is 0.118. The summed E-state index contributed by atoms with van der Waals surface area (Å²) < 4.78 is 24.9. The van der Waals surface area contributed by atoms with E-state index in [0.29, 0.717) is 28.4 Å². The third kappa shape index (κ3) is 2.97. The molecule has 0 aliphatic carbocycles. The maximum absolute atomic E-state index is 12.2. The lowest BCUT2D eigenvalue weighted by Crippen LogP contribution is -2.48. The van der Waals surface area contributed by atoms with Crippen molar-refractivity contribution >= 4 is 49.2 Å². The molecule has 1 aromatic heterocycles. The van der Waals surface area contributed by atoms with E-state index in [-0.39, 0.29) is 5.75 Å². The average Bonchev–Trinajstić information content (AvgIpc) is 2.42. The molecule has 6 nitrogen and oxygen atoms in total. The molecule has 1 aliphatic rings. The number of aromatic nitrogens is 2. The van der Waals surface area contributed by atoms with Crippen molar-refractivity contribution in [1.82, 2.24) is 9.97 Å². The lowest BCUT2D eigenvalue weighted by molar-refractivity contribution is 0.578. The predicted octanol–water partition coefficient (Wildman–Crippen LogP) is 1.14. The highest BCUT2D eigenvalue weighted by Crippen LogP contribution is 2.33. The van der Waals surface area contributed by atoms with Gasteiger partial charge >= 0.3 is 0 Å². The highest BCUT2D eigenvalue weighted by atomic mass is 79.9. The Bertz CT molecular complexity index is 567.